The van der Waals surface area contributed by atoms with Gasteiger partial charge in [-0.15, -0.1) is 0 Å². The summed E-state index contributed by atoms with van der Waals surface area (Å²) in [6.07, 6.45) is 0.0834. The van der Waals surface area contributed by atoms with Crippen molar-refractivity contribution in [1.82, 2.24) is 20.6 Å². The standard InChI is InChI=1S/C19H17ClN4O3/c1-2-24-19(27)15-6-4-3-5-14(15)17(23-24)18(26)22-21-16(25)11-12-7-9-13(20)10-8-12/h3-10H,2,11H2,1H3,(H,21,25)(H,22,26). The third-order valence-corrected chi connectivity index (χ3v) is 4.23. The normalized spacial score (nSPS) is 10.6. The number of aryl methyl sites for hydroxylation is 1. The zero-order valence-corrected chi connectivity index (χ0v) is 15.3. The fourth-order valence-electron chi connectivity index (χ4n) is 2.63. The molecule has 0 fully saturated rings. The number of benzene rings is 2. The molecule has 2 aromatic carbocycles. The van der Waals surface area contributed by atoms with Gasteiger partial charge in [0.15, 0.2) is 5.69 Å². The summed E-state index contributed by atoms with van der Waals surface area (Å²) in [6, 6.07) is 13.6. The SMILES string of the molecule is CCn1nc(C(=O)NNC(=O)Cc2ccc(Cl)cc2)c2ccccc2c1=O. The molecular weight excluding hydrogens is 368 g/mol. The lowest BCUT2D eigenvalue weighted by atomic mass is 10.1. The van der Waals surface area contributed by atoms with Crippen molar-refractivity contribution in [1.29, 1.82) is 0 Å². The van der Waals surface area contributed by atoms with Crippen LogP contribution >= 0.6 is 11.6 Å². The number of hydrogen-bond donors (Lipinski definition) is 2. The summed E-state index contributed by atoms with van der Waals surface area (Å²) in [7, 11) is 0. The molecule has 138 valence electrons. The van der Waals surface area contributed by atoms with Crippen LogP contribution in [0.3, 0.4) is 0 Å². The van der Waals surface area contributed by atoms with E-state index in [9.17, 15) is 14.4 Å². The third-order valence-electron chi connectivity index (χ3n) is 3.98. The summed E-state index contributed by atoms with van der Waals surface area (Å²) in [5, 5.41) is 5.52. The lowest BCUT2D eigenvalue weighted by Crippen LogP contribution is -2.43. The van der Waals surface area contributed by atoms with Crippen molar-refractivity contribution in [2.45, 2.75) is 19.9 Å². The Balaban J connectivity index is 1.76. The summed E-state index contributed by atoms with van der Waals surface area (Å²) in [5.74, 6) is -0.989. The largest absolute Gasteiger partial charge is 0.290 e. The number of halogens is 1. The number of carbonyl (C=O) groups is 2. The number of fused-ring (bicyclic) bond motifs is 1. The molecule has 0 bridgehead atoms. The van der Waals surface area contributed by atoms with Crippen molar-refractivity contribution in [3.8, 4) is 0 Å². The lowest BCUT2D eigenvalue weighted by molar-refractivity contribution is -0.121. The molecule has 2 N–H and O–H groups in total. The van der Waals surface area contributed by atoms with Crippen LogP contribution in [0.15, 0.2) is 53.3 Å². The maximum atomic E-state index is 12.5. The maximum absolute atomic E-state index is 12.5. The number of amides is 2. The number of rotatable bonds is 4. The minimum Gasteiger partial charge on any atom is -0.273 e. The molecule has 8 heteroatoms. The van der Waals surface area contributed by atoms with Crippen LogP contribution in [0.4, 0.5) is 0 Å². The first kappa shape index (κ1) is 18.6. The number of nitrogens with one attached hydrogen (secondary N) is 2. The highest BCUT2D eigenvalue weighted by Crippen LogP contribution is 2.13. The van der Waals surface area contributed by atoms with E-state index in [1.807, 2.05) is 0 Å². The van der Waals surface area contributed by atoms with E-state index in [1.54, 1.807) is 55.5 Å². The van der Waals surface area contributed by atoms with Crippen LogP contribution in [0.2, 0.25) is 5.02 Å². The second-order valence-corrected chi connectivity index (χ2v) is 6.26. The predicted octanol–water partition coefficient (Wildman–Crippen LogP) is 2.07. The Kier molecular flexibility index (Phi) is 5.52. The van der Waals surface area contributed by atoms with E-state index >= 15 is 0 Å². The van der Waals surface area contributed by atoms with Crippen LogP contribution in [0.5, 0.6) is 0 Å². The van der Waals surface area contributed by atoms with Crippen molar-refractivity contribution in [2.75, 3.05) is 0 Å². The fraction of sp³-hybridized carbons (Fsp3) is 0.158. The summed E-state index contributed by atoms with van der Waals surface area (Å²) in [4.78, 5) is 36.9. The third kappa shape index (κ3) is 4.15. The molecule has 0 spiro atoms. The zero-order valence-electron chi connectivity index (χ0n) is 14.5. The molecule has 0 radical (unpaired) electrons. The van der Waals surface area contributed by atoms with Gasteiger partial charge in [-0.05, 0) is 30.7 Å². The van der Waals surface area contributed by atoms with Gasteiger partial charge < -0.3 is 0 Å². The Morgan fingerprint density at radius 1 is 1.04 bits per heavy atom. The van der Waals surface area contributed by atoms with E-state index in [2.05, 4.69) is 16.0 Å². The molecule has 1 heterocycles. The smallest absolute Gasteiger partial charge is 0.273 e. The van der Waals surface area contributed by atoms with E-state index in [0.29, 0.717) is 22.3 Å². The minimum absolute atomic E-state index is 0.0684. The van der Waals surface area contributed by atoms with Crippen LogP contribution in [0.1, 0.15) is 23.0 Å². The van der Waals surface area contributed by atoms with Crippen LogP contribution in [-0.2, 0) is 17.8 Å². The van der Waals surface area contributed by atoms with Gasteiger partial charge in [-0.1, -0.05) is 41.9 Å². The highest BCUT2D eigenvalue weighted by molar-refractivity contribution is 6.30. The highest BCUT2D eigenvalue weighted by atomic mass is 35.5. The molecule has 7 nitrogen and oxygen atoms in total. The molecule has 0 atom stereocenters. The molecule has 1 aromatic heterocycles. The van der Waals surface area contributed by atoms with Crippen LogP contribution in [0, 0.1) is 0 Å². The molecule has 0 aliphatic rings. The first-order chi connectivity index (χ1) is 13.0. The van der Waals surface area contributed by atoms with Gasteiger partial charge in [0.25, 0.3) is 11.5 Å². The van der Waals surface area contributed by atoms with Gasteiger partial charge in [0.1, 0.15) is 0 Å². The van der Waals surface area contributed by atoms with Gasteiger partial charge in [0.05, 0.1) is 11.8 Å². The predicted molar refractivity (Wildman–Crippen MR) is 102 cm³/mol. The van der Waals surface area contributed by atoms with Crippen LogP contribution < -0.4 is 16.4 Å². The second kappa shape index (κ2) is 8.01. The van der Waals surface area contributed by atoms with Crippen LogP contribution in [0.25, 0.3) is 10.8 Å². The summed E-state index contributed by atoms with van der Waals surface area (Å²) in [5.41, 5.74) is 5.27. The molecule has 0 unspecified atom stereocenters. The van der Waals surface area contributed by atoms with E-state index < -0.39 is 11.8 Å². The Labute approximate surface area is 159 Å². The van der Waals surface area contributed by atoms with Crippen LogP contribution in [-0.4, -0.2) is 21.6 Å². The van der Waals surface area contributed by atoms with Crippen molar-refractivity contribution in [3.05, 3.63) is 75.2 Å². The molecule has 3 aromatic rings. The minimum atomic E-state index is -0.599. The van der Waals surface area contributed by atoms with Gasteiger partial charge in [-0.3, -0.25) is 25.2 Å². The number of hydrazine groups is 1. The fourth-order valence-corrected chi connectivity index (χ4v) is 2.76. The van der Waals surface area contributed by atoms with Crippen molar-refractivity contribution < 1.29 is 9.59 Å². The van der Waals surface area contributed by atoms with Gasteiger partial charge in [0, 0.05) is 17.0 Å². The molecule has 0 saturated carbocycles. The first-order valence-corrected chi connectivity index (χ1v) is 8.71. The number of carbonyl (C=O) groups excluding carboxylic acids is 2. The van der Waals surface area contributed by atoms with Gasteiger partial charge in [-0.25, -0.2) is 4.68 Å². The van der Waals surface area contributed by atoms with Gasteiger partial charge in [0.2, 0.25) is 5.91 Å². The van der Waals surface area contributed by atoms with E-state index in [-0.39, 0.29) is 17.7 Å². The average molecular weight is 385 g/mol. The van der Waals surface area contributed by atoms with Gasteiger partial charge in [-0.2, -0.15) is 5.10 Å². The quantitative estimate of drug-likeness (QED) is 0.673. The second-order valence-electron chi connectivity index (χ2n) is 5.82. The van der Waals surface area contributed by atoms with E-state index in [4.69, 9.17) is 11.6 Å². The lowest BCUT2D eigenvalue weighted by Gasteiger charge is -2.11. The molecule has 0 aliphatic carbocycles. The Morgan fingerprint density at radius 2 is 1.70 bits per heavy atom. The Hall–Kier alpha value is -3.19. The Morgan fingerprint density at radius 3 is 2.37 bits per heavy atom. The maximum Gasteiger partial charge on any atom is 0.290 e. The molecular formula is C19H17ClN4O3. The van der Waals surface area contributed by atoms with Crippen molar-refractivity contribution in [3.63, 3.8) is 0 Å². The molecule has 27 heavy (non-hydrogen) atoms. The van der Waals surface area contributed by atoms with E-state index in [1.165, 1.54) is 4.68 Å². The highest BCUT2D eigenvalue weighted by Gasteiger charge is 2.16. The van der Waals surface area contributed by atoms with Crippen molar-refractivity contribution >= 4 is 34.2 Å². The molecule has 0 saturated heterocycles. The summed E-state index contributed by atoms with van der Waals surface area (Å²) >= 11 is 5.81. The monoisotopic (exact) mass is 384 g/mol. The molecule has 3 rings (SSSR count). The van der Waals surface area contributed by atoms with Gasteiger partial charge >= 0.3 is 0 Å². The molecule has 0 aliphatic heterocycles. The number of nitrogens with zero attached hydrogens (tertiary/aromatic N) is 2. The summed E-state index contributed by atoms with van der Waals surface area (Å²) in [6.45, 7) is 2.09. The number of hydrogen-bond acceptors (Lipinski definition) is 4. The topological polar surface area (TPSA) is 93.1 Å². The first-order valence-electron chi connectivity index (χ1n) is 8.33. The zero-order chi connectivity index (χ0) is 19.4. The molecule has 2 amide bonds. The number of aromatic nitrogens is 2. The van der Waals surface area contributed by atoms with Crippen molar-refractivity contribution in [2.24, 2.45) is 0 Å². The Bertz CT molecular complexity index is 1060. The van der Waals surface area contributed by atoms with E-state index in [0.717, 1.165) is 5.56 Å². The average Bonchev–Trinajstić information content (AvgIpc) is 2.68. The summed E-state index contributed by atoms with van der Waals surface area (Å²) < 4.78 is 1.22.